The van der Waals surface area contributed by atoms with E-state index in [4.69, 9.17) is 0 Å². The lowest BCUT2D eigenvalue weighted by Gasteiger charge is -2.35. The summed E-state index contributed by atoms with van der Waals surface area (Å²) in [5.41, 5.74) is 2.57. The summed E-state index contributed by atoms with van der Waals surface area (Å²) in [4.78, 5) is 9.24. The topological polar surface area (TPSA) is 53.1 Å². The molecule has 2 heterocycles. The van der Waals surface area contributed by atoms with Gasteiger partial charge in [0.2, 0.25) is 0 Å². The van der Waals surface area contributed by atoms with E-state index in [1.165, 1.54) is 43.4 Å². The zero-order chi connectivity index (χ0) is 19.3. The van der Waals surface area contributed by atoms with Gasteiger partial charge in [-0.2, -0.15) is 0 Å². The van der Waals surface area contributed by atoms with Gasteiger partial charge < -0.3 is 14.4 Å². The van der Waals surface area contributed by atoms with Crippen molar-refractivity contribution in [2.75, 3.05) is 43.6 Å². The van der Waals surface area contributed by atoms with Crippen molar-refractivity contribution in [1.29, 1.82) is 0 Å². The number of hydrogen-bond donors (Lipinski definition) is 0. The molecule has 1 aliphatic carbocycles. The highest BCUT2D eigenvalue weighted by atomic mass is 32.2. The van der Waals surface area contributed by atoms with Gasteiger partial charge in [-0.15, -0.1) is 0 Å². The molecule has 1 saturated heterocycles. The van der Waals surface area contributed by atoms with Crippen molar-refractivity contribution < 1.29 is 8.76 Å². The molecule has 1 aromatic carbocycles. The van der Waals surface area contributed by atoms with Crippen molar-refractivity contribution in [3.63, 3.8) is 0 Å². The predicted octanol–water partition coefficient (Wildman–Crippen LogP) is 2.52. The van der Waals surface area contributed by atoms with Crippen molar-refractivity contribution in [3.05, 3.63) is 42.2 Å². The fraction of sp³-hybridized carbons (Fsp3) is 0.619. The number of anilines is 1. The van der Waals surface area contributed by atoms with Gasteiger partial charge >= 0.3 is 0 Å². The molecule has 0 N–H and O–H groups in total. The third-order valence-corrected chi connectivity index (χ3v) is 6.80. The van der Waals surface area contributed by atoms with Crippen LogP contribution in [0.15, 0.2) is 36.7 Å². The van der Waals surface area contributed by atoms with Crippen LogP contribution in [0.25, 0.3) is 0 Å². The predicted molar refractivity (Wildman–Crippen MR) is 112 cm³/mol. The van der Waals surface area contributed by atoms with Crippen LogP contribution in [0.3, 0.4) is 0 Å². The largest absolute Gasteiger partial charge is 0.771 e. The Labute approximate surface area is 171 Å². The second-order valence-electron chi connectivity index (χ2n) is 8.21. The summed E-state index contributed by atoms with van der Waals surface area (Å²) in [5.74, 6) is 0.157. The molecule has 4 rings (SSSR count). The molecule has 0 bridgehead atoms. The van der Waals surface area contributed by atoms with Crippen LogP contribution in [-0.4, -0.2) is 68.2 Å². The van der Waals surface area contributed by atoms with Gasteiger partial charge in [0.05, 0.1) is 12.5 Å². The molecule has 1 atom stereocenters. The monoisotopic (exact) mass is 403 g/mol. The first-order valence-corrected chi connectivity index (χ1v) is 11.7. The first kappa shape index (κ1) is 19.9. The molecule has 154 valence electrons. The van der Waals surface area contributed by atoms with Crippen LogP contribution in [0.5, 0.6) is 0 Å². The van der Waals surface area contributed by atoms with Crippen LogP contribution in [0.4, 0.5) is 5.69 Å². The molecule has 6 nitrogen and oxygen atoms in total. The van der Waals surface area contributed by atoms with Gasteiger partial charge in [0.15, 0.2) is 0 Å². The fourth-order valence-electron chi connectivity index (χ4n) is 4.53. The third-order valence-electron chi connectivity index (χ3n) is 6.22. The van der Waals surface area contributed by atoms with Crippen molar-refractivity contribution in [2.45, 2.75) is 44.7 Å². The van der Waals surface area contributed by atoms with Crippen molar-refractivity contribution in [1.82, 2.24) is 14.7 Å². The number of piperazine rings is 1. The van der Waals surface area contributed by atoms with Crippen LogP contribution in [0.1, 0.15) is 37.7 Å². The van der Waals surface area contributed by atoms with E-state index in [-0.39, 0.29) is 5.88 Å². The first-order chi connectivity index (χ1) is 13.7. The third kappa shape index (κ3) is 5.14. The van der Waals surface area contributed by atoms with Crippen molar-refractivity contribution in [3.8, 4) is 0 Å². The molecule has 7 heteroatoms. The van der Waals surface area contributed by atoms with E-state index >= 15 is 0 Å². The molecule has 0 aromatic heterocycles. The summed E-state index contributed by atoms with van der Waals surface area (Å²) in [6.07, 6.45) is 11.3. The summed E-state index contributed by atoms with van der Waals surface area (Å²) in [6.45, 7) is 5.38. The lowest BCUT2D eigenvalue weighted by molar-refractivity contribution is 0.141. The number of benzene rings is 1. The normalized spacial score (nSPS) is 23.5. The van der Waals surface area contributed by atoms with Crippen molar-refractivity contribution >= 4 is 16.8 Å². The van der Waals surface area contributed by atoms with Crippen LogP contribution in [0.2, 0.25) is 0 Å². The van der Waals surface area contributed by atoms with Crippen LogP contribution < -0.4 is 4.90 Å². The maximum atomic E-state index is 10.8. The maximum absolute atomic E-state index is 10.8. The molecule has 0 spiro atoms. The summed E-state index contributed by atoms with van der Waals surface area (Å²) < 4.78 is 21.6. The van der Waals surface area contributed by atoms with Gasteiger partial charge in [-0.05, 0) is 41.6 Å². The molecule has 1 unspecified atom stereocenters. The number of rotatable bonds is 6. The van der Waals surface area contributed by atoms with Crippen LogP contribution in [0, 0.1) is 0 Å². The maximum Gasteiger partial charge on any atom is 0.0944 e. The Morgan fingerprint density at radius 1 is 0.929 bits per heavy atom. The molecule has 0 radical (unpaired) electrons. The lowest BCUT2D eigenvalue weighted by atomic mass is 9.95. The van der Waals surface area contributed by atoms with Gasteiger partial charge in [0.1, 0.15) is 0 Å². The van der Waals surface area contributed by atoms with E-state index < -0.39 is 11.1 Å². The molecule has 28 heavy (non-hydrogen) atoms. The first-order valence-electron chi connectivity index (χ1n) is 10.5. The highest BCUT2D eigenvalue weighted by molar-refractivity contribution is 7.79. The molecule has 2 fully saturated rings. The minimum absolute atomic E-state index is 0.157. The standard InChI is InChI=1S/C21H32N4O2S/c26-28(27)18-23-12-10-22(11-13-23)16-19-6-8-21(9-7-19)25-15-14-24(17-25)20-4-2-1-3-5-20/h6-9,14-15,20H,1-5,10-13,16-18H2,(H,26,27)/p-1. The quantitative estimate of drug-likeness (QED) is 0.681. The van der Waals surface area contributed by atoms with E-state index in [2.05, 4.69) is 51.4 Å². The summed E-state index contributed by atoms with van der Waals surface area (Å²) in [7, 11) is 0. The Balaban J connectivity index is 1.25. The van der Waals surface area contributed by atoms with Gasteiger partial charge in [-0.1, -0.05) is 31.4 Å². The highest BCUT2D eigenvalue weighted by Crippen LogP contribution is 2.27. The smallest absolute Gasteiger partial charge is 0.0944 e. The van der Waals surface area contributed by atoms with E-state index in [0.717, 1.165) is 39.4 Å². The Kier molecular flexibility index (Phi) is 6.67. The zero-order valence-electron chi connectivity index (χ0n) is 16.5. The summed E-state index contributed by atoms with van der Waals surface area (Å²) in [5, 5.41) is 0. The van der Waals surface area contributed by atoms with Crippen LogP contribution >= 0.6 is 0 Å². The Hall–Kier alpha value is -1.41. The van der Waals surface area contributed by atoms with E-state index in [1.807, 2.05) is 4.90 Å². The highest BCUT2D eigenvalue weighted by Gasteiger charge is 2.23. The average molecular weight is 404 g/mol. The fourth-order valence-corrected chi connectivity index (χ4v) is 5.09. The molecule has 3 aliphatic rings. The van der Waals surface area contributed by atoms with E-state index in [0.29, 0.717) is 6.04 Å². The molecular weight excluding hydrogens is 372 g/mol. The number of hydrogen-bond acceptors (Lipinski definition) is 6. The Morgan fingerprint density at radius 3 is 2.29 bits per heavy atom. The van der Waals surface area contributed by atoms with Gasteiger partial charge in [-0.25, -0.2) is 0 Å². The van der Waals surface area contributed by atoms with E-state index in [9.17, 15) is 8.76 Å². The minimum Gasteiger partial charge on any atom is -0.771 e. The Morgan fingerprint density at radius 2 is 1.61 bits per heavy atom. The molecule has 0 amide bonds. The van der Waals surface area contributed by atoms with Crippen LogP contribution in [-0.2, 0) is 17.6 Å². The second-order valence-corrected chi connectivity index (χ2v) is 9.07. The van der Waals surface area contributed by atoms with Gasteiger partial charge in [0, 0.05) is 56.9 Å². The summed E-state index contributed by atoms with van der Waals surface area (Å²) in [6, 6.07) is 9.62. The summed E-state index contributed by atoms with van der Waals surface area (Å²) >= 11 is -1.98. The Bertz CT molecular complexity index is 682. The minimum atomic E-state index is -1.98. The van der Waals surface area contributed by atoms with Gasteiger partial charge in [0.25, 0.3) is 0 Å². The second kappa shape index (κ2) is 9.39. The van der Waals surface area contributed by atoms with E-state index in [1.54, 1.807) is 0 Å². The molecule has 2 aliphatic heterocycles. The zero-order valence-corrected chi connectivity index (χ0v) is 17.4. The molecule has 1 aromatic rings. The SMILES string of the molecule is O=S([O-])CN1CCN(Cc2ccc(N3C=CN(C4CCCCC4)C3)cc2)CC1. The lowest BCUT2D eigenvalue weighted by Crippen LogP contribution is -2.46. The molecular formula is C21H31N4O2S-. The molecule has 1 saturated carbocycles. The van der Waals surface area contributed by atoms with Crippen molar-refractivity contribution in [2.24, 2.45) is 0 Å². The van der Waals surface area contributed by atoms with Gasteiger partial charge in [-0.3, -0.25) is 14.0 Å². The number of nitrogens with zero attached hydrogens (tertiary/aromatic N) is 4. The average Bonchev–Trinajstić information content (AvgIpc) is 3.21.